The summed E-state index contributed by atoms with van der Waals surface area (Å²) in [5, 5.41) is 7.83. The van der Waals surface area contributed by atoms with Crippen molar-refractivity contribution in [2.75, 3.05) is 37.7 Å². The fourth-order valence-electron chi connectivity index (χ4n) is 4.15. The van der Waals surface area contributed by atoms with Crippen molar-refractivity contribution in [1.29, 1.82) is 0 Å². The Balaban J connectivity index is 1.30. The molecule has 6 nitrogen and oxygen atoms in total. The van der Waals surface area contributed by atoms with Gasteiger partial charge in [-0.15, -0.1) is 0 Å². The van der Waals surface area contributed by atoms with E-state index in [1.807, 2.05) is 28.9 Å². The zero-order valence-corrected chi connectivity index (χ0v) is 19.1. The van der Waals surface area contributed by atoms with Gasteiger partial charge in [-0.05, 0) is 42.7 Å². The Hall–Kier alpha value is -3.12. The number of hydrogen-bond acceptors (Lipinski definition) is 4. The highest BCUT2D eigenvalue weighted by molar-refractivity contribution is 5.78. The van der Waals surface area contributed by atoms with Crippen molar-refractivity contribution >= 4 is 11.6 Å². The molecule has 0 saturated carbocycles. The summed E-state index contributed by atoms with van der Waals surface area (Å²) in [6.07, 6.45) is 1.23. The van der Waals surface area contributed by atoms with Gasteiger partial charge in [-0.25, -0.2) is 4.68 Å². The molecular weight excluding hydrogens is 398 g/mol. The second-order valence-corrected chi connectivity index (χ2v) is 8.85. The van der Waals surface area contributed by atoms with Gasteiger partial charge in [0, 0.05) is 37.6 Å². The molecule has 1 aromatic heterocycles. The lowest BCUT2D eigenvalue weighted by atomic mass is 10.1. The Morgan fingerprint density at radius 2 is 1.56 bits per heavy atom. The second-order valence-electron chi connectivity index (χ2n) is 8.85. The molecule has 3 aromatic rings. The molecule has 0 unspecified atom stereocenters. The van der Waals surface area contributed by atoms with E-state index < -0.39 is 0 Å². The number of amides is 1. The Bertz CT molecular complexity index is 992. The third-order valence-corrected chi connectivity index (χ3v) is 5.79. The number of aromatic nitrogens is 2. The number of nitrogens with zero attached hydrogens (tertiary/aromatic N) is 4. The van der Waals surface area contributed by atoms with E-state index in [1.54, 1.807) is 0 Å². The van der Waals surface area contributed by atoms with E-state index in [0.717, 1.165) is 49.7 Å². The fourth-order valence-corrected chi connectivity index (χ4v) is 4.15. The monoisotopic (exact) mass is 431 g/mol. The minimum absolute atomic E-state index is 0.0179. The Kier molecular flexibility index (Phi) is 7.22. The van der Waals surface area contributed by atoms with Crippen LogP contribution in [-0.2, 0) is 17.6 Å². The molecule has 0 spiro atoms. The average Bonchev–Trinajstić information content (AvgIpc) is 3.20. The Morgan fingerprint density at radius 3 is 2.19 bits per heavy atom. The van der Waals surface area contributed by atoms with Gasteiger partial charge in [0.25, 0.3) is 0 Å². The van der Waals surface area contributed by atoms with Crippen LogP contribution in [0.4, 0.5) is 5.69 Å². The molecule has 6 heteroatoms. The van der Waals surface area contributed by atoms with Gasteiger partial charge in [0.1, 0.15) is 0 Å². The highest BCUT2D eigenvalue weighted by Gasteiger charge is 2.18. The number of benzene rings is 2. The van der Waals surface area contributed by atoms with E-state index >= 15 is 0 Å². The van der Waals surface area contributed by atoms with Gasteiger partial charge >= 0.3 is 0 Å². The number of nitrogens with one attached hydrogen (secondary N) is 1. The molecule has 168 valence electrons. The van der Waals surface area contributed by atoms with Gasteiger partial charge in [-0.1, -0.05) is 50.2 Å². The summed E-state index contributed by atoms with van der Waals surface area (Å²) >= 11 is 0. The molecule has 1 aliphatic heterocycles. The number of carbonyl (C=O) groups excluding carboxylic acids is 1. The first-order chi connectivity index (χ1) is 15.6. The molecule has 0 atom stereocenters. The predicted molar refractivity (Wildman–Crippen MR) is 129 cm³/mol. The highest BCUT2D eigenvalue weighted by Crippen LogP contribution is 2.17. The fraction of sp³-hybridized carbons (Fsp3) is 0.385. The number of piperazine rings is 1. The van der Waals surface area contributed by atoms with Crippen LogP contribution in [0, 0.1) is 5.92 Å². The molecule has 4 rings (SSSR count). The third kappa shape index (κ3) is 5.77. The summed E-state index contributed by atoms with van der Waals surface area (Å²) in [6.45, 7) is 8.81. The van der Waals surface area contributed by atoms with Crippen LogP contribution in [0.5, 0.6) is 0 Å². The molecular formula is C26H33N5O. The average molecular weight is 432 g/mol. The van der Waals surface area contributed by atoms with Gasteiger partial charge in [0.15, 0.2) is 0 Å². The predicted octanol–water partition coefficient (Wildman–Crippen LogP) is 3.51. The summed E-state index contributed by atoms with van der Waals surface area (Å²) in [7, 11) is 0. The normalized spacial score (nSPS) is 14.7. The lowest BCUT2D eigenvalue weighted by molar-refractivity contribution is -0.121. The molecule has 0 radical (unpaired) electrons. The van der Waals surface area contributed by atoms with Gasteiger partial charge < -0.3 is 10.2 Å². The van der Waals surface area contributed by atoms with E-state index in [0.29, 0.717) is 19.0 Å². The van der Waals surface area contributed by atoms with Crippen molar-refractivity contribution in [2.24, 2.45) is 5.92 Å². The van der Waals surface area contributed by atoms with Gasteiger partial charge in [0.2, 0.25) is 5.91 Å². The Morgan fingerprint density at radius 1 is 0.938 bits per heavy atom. The standard InChI is InChI=1S/C26H33N5O/c1-21(2)17-25-18-22(28-31(25)24-11-7-4-8-12-24)19-26(32)27-20-29-13-15-30(16-14-29)23-9-5-3-6-10-23/h3-12,18,21H,13-17,19-20H2,1-2H3,(H,27,32). The van der Waals surface area contributed by atoms with Crippen molar-refractivity contribution in [2.45, 2.75) is 26.7 Å². The topological polar surface area (TPSA) is 53.4 Å². The smallest absolute Gasteiger partial charge is 0.227 e. The van der Waals surface area contributed by atoms with E-state index in [1.165, 1.54) is 5.69 Å². The van der Waals surface area contributed by atoms with Crippen LogP contribution >= 0.6 is 0 Å². The van der Waals surface area contributed by atoms with Crippen molar-refractivity contribution in [3.05, 3.63) is 78.1 Å². The van der Waals surface area contributed by atoms with Crippen molar-refractivity contribution in [3.8, 4) is 5.69 Å². The van der Waals surface area contributed by atoms with Crippen molar-refractivity contribution in [3.63, 3.8) is 0 Å². The number of hydrogen-bond donors (Lipinski definition) is 1. The van der Waals surface area contributed by atoms with Crippen LogP contribution in [0.2, 0.25) is 0 Å². The summed E-state index contributed by atoms with van der Waals surface area (Å²) in [6, 6.07) is 22.7. The number of para-hydroxylation sites is 2. The zero-order chi connectivity index (χ0) is 22.3. The molecule has 1 N–H and O–H groups in total. The summed E-state index contributed by atoms with van der Waals surface area (Å²) in [5.74, 6) is 0.537. The minimum atomic E-state index is 0.0179. The molecule has 2 aromatic carbocycles. The van der Waals surface area contributed by atoms with E-state index in [9.17, 15) is 4.79 Å². The minimum Gasteiger partial charge on any atom is -0.369 e. The molecule has 2 heterocycles. The van der Waals surface area contributed by atoms with Crippen LogP contribution in [0.1, 0.15) is 25.2 Å². The van der Waals surface area contributed by atoms with Crippen LogP contribution in [-0.4, -0.2) is 53.4 Å². The summed E-state index contributed by atoms with van der Waals surface area (Å²) in [5.41, 5.74) is 4.26. The van der Waals surface area contributed by atoms with Crippen LogP contribution in [0.25, 0.3) is 5.69 Å². The zero-order valence-electron chi connectivity index (χ0n) is 19.1. The van der Waals surface area contributed by atoms with E-state index in [2.05, 4.69) is 71.4 Å². The van der Waals surface area contributed by atoms with Crippen LogP contribution in [0.15, 0.2) is 66.7 Å². The maximum absolute atomic E-state index is 12.6. The highest BCUT2D eigenvalue weighted by atomic mass is 16.1. The SMILES string of the molecule is CC(C)Cc1cc(CC(=O)NCN2CCN(c3ccccc3)CC2)nn1-c1ccccc1. The van der Waals surface area contributed by atoms with Gasteiger partial charge in [0.05, 0.1) is 24.5 Å². The first kappa shape index (κ1) is 22.1. The lowest BCUT2D eigenvalue weighted by Gasteiger charge is -2.36. The van der Waals surface area contributed by atoms with Crippen LogP contribution < -0.4 is 10.2 Å². The number of rotatable bonds is 8. The number of anilines is 1. The van der Waals surface area contributed by atoms with Gasteiger partial charge in [-0.3, -0.25) is 9.69 Å². The first-order valence-corrected chi connectivity index (χ1v) is 11.5. The summed E-state index contributed by atoms with van der Waals surface area (Å²) in [4.78, 5) is 17.3. The molecule has 0 bridgehead atoms. The second kappa shape index (κ2) is 10.5. The summed E-state index contributed by atoms with van der Waals surface area (Å²) < 4.78 is 1.98. The Labute approximate surface area is 190 Å². The van der Waals surface area contributed by atoms with Crippen molar-refractivity contribution in [1.82, 2.24) is 20.0 Å². The molecule has 0 aliphatic carbocycles. The maximum Gasteiger partial charge on any atom is 0.227 e. The van der Waals surface area contributed by atoms with E-state index in [-0.39, 0.29) is 5.91 Å². The molecule has 32 heavy (non-hydrogen) atoms. The molecule has 1 saturated heterocycles. The van der Waals surface area contributed by atoms with Gasteiger partial charge in [-0.2, -0.15) is 5.10 Å². The number of carbonyl (C=O) groups is 1. The molecule has 1 aliphatic rings. The van der Waals surface area contributed by atoms with Crippen LogP contribution in [0.3, 0.4) is 0 Å². The maximum atomic E-state index is 12.6. The third-order valence-electron chi connectivity index (χ3n) is 5.79. The van der Waals surface area contributed by atoms with Crippen molar-refractivity contribution < 1.29 is 4.79 Å². The largest absolute Gasteiger partial charge is 0.369 e. The molecule has 1 fully saturated rings. The van der Waals surface area contributed by atoms with E-state index in [4.69, 9.17) is 5.10 Å². The molecule has 1 amide bonds. The first-order valence-electron chi connectivity index (χ1n) is 11.5. The quantitative estimate of drug-likeness (QED) is 0.593. The lowest BCUT2D eigenvalue weighted by Crippen LogP contribution is -2.50.